The van der Waals surface area contributed by atoms with Gasteiger partial charge in [0.2, 0.25) is 0 Å². The molecule has 34 heavy (non-hydrogen) atoms. The maximum Gasteiger partial charge on any atom is 0.353 e. The number of ether oxygens (including phenoxy) is 2. The number of amides is 2. The Balaban J connectivity index is 1.44. The smallest absolute Gasteiger partial charge is 0.353 e. The number of nitrogens with two attached hydrogens (primary N) is 1. The minimum Gasteiger partial charge on any atom is -0.477 e. The summed E-state index contributed by atoms with van der Waals surface area (Å²) in [4.78, 5) is 43.2. The van der Waals surface area contributed by atoms with Gasteiger partial charge in [-0.2, -0.15) is 0 Å². The molecule has 3 aliphatic rings. The summed E-state index contributed by atoms with van der Waals surface area (Å²) in [7, 11) is 0. The van der Waals surface area contributed by atoms with Gasteiger partial charge in [0.1, 0.15) is 22.8 Å². The molecule has 0 aliphatic carbocycles. The van der Waals surface area contributed by atoms with Crippen LogP contribution >= 0.6 is 34.9 Å². The number of aromatic nitrogens is 1. The van der Waals surface area contributed by atoms with E-state index in [0.717, 1.165) is 11.3 Å². The van der Waals surface area contributed by atoms with Gasteiger partial charge in [-0.3, -0.25) is 14.5 Å². The minimum absolute atomic E-state index is 0.0748. The van der Waals surface area contributed by atoms with Crippen LogP contribution in [0.2, 0.25) is 0 Å². The number of hydrogen-bond donors (Lipinski definition) is 4. The molecule has 5 N–H and O–H groups in total. The Morgan fingerprint density at radius 1 is 1.47 bits per heavy atom. The van der Waals surface area contributed by atoms with Crippen molar-refractivity contribution in [3.8, 4) is 0 Å². The molecule has 4 rings (SSSR count). The highest BCUT2D eigenvalue weighted by atomic mass is 32.2. The first-order valence-corrected chi connectivity index (χ1v) is 13.1. The quantitative estimate of drug-likeness (QED) is 0.171. The van der Waals surface area contributed by atoms with Crippen LogP contribution in [0.1, 0.15) is 26.0 Å². The van der Waals surface area contributed by atoms with Crippen LogP contribution in [-0.2, 0) is 23.9 Å². The first-order chi connectivity index (χ1) is 16.1. The largest absolute Gasteiger partial charge is 0.477 e. The predicted molar refractivity (Wildman–Crippen MR) is 127 cm³/mol. The normalized spacial score (nSPS) is 26.6. The highest BCUT2D eigenvalue weighted by Gasteiger charge is 2.54. The van der Waals surface area contributed by atoms with Crippen molar-refractivity contribution in [3.05, 3.63) is 21.7 Å². The Kier molecular flexibility index (Phi) is 7.09. The maximum absolute atomic E-state index is 12.8. The Labute approximate surface area is 206 Å². The molecular weight excluding hydrogens is 506 g/mol. The molecule has 2 saturated heterocycles. The van der Waals surface area contributed by atoms with E-state index in [9.17, 15) is 24.7 Å². The third-order valence-electron chi connectivity index (χ3n) is 5.29. The molecule has 0 spiro atoms. The number of carboxylic acid groups (broad SMARTS) is 1. The number of oxime groups is 1. The number of aliphatic carboxylic acids is 1. The lowest BCUT2D eigenvalue weighted by Crippen LogP contribution is -2.71. The van der Waals surface area contributed by atoms with E-state index in [1.165, 1.54) is 33.8 Å². The van der Waals surface area contributed by atoms with Gasteiger partial charge < -0.3 is 30.8 Å². The molecule has 2 amide bonds. The average Bonchev–Trinajstić information content (AvgIpc) is 3.20. The molecule has 3 atom stereocenters. The zero-order valence-electron chi connectivity index (χ0n) is 18.2. The summed E-state index contributed by atoms with van der Waals surface area (Å²) in [5.41, 5.74) is 5.17. The molecule has 4 heterocycles. The van der Waals surface area contributed by atoms with Crippen molar-refractivity contribution in [3.63, 3.8) is 0 Å². The highest BCUT2D eigenvalue weighted by Crippen LogP contribution is 2.44. The van der Waals surface area contributed by atoms with E-state index >= 15 is 0 Å². The van der Waals surface area contributed by atoms with Crippen molar-refractivity contribution < 1.29 is 34.2 Å². The van der Waals surface area contributed by atoms with Crippen molar-refractivity contribution in [2.24, 2.45) is 5.16 Å². The van der Waals surface area contributed by atoms with Crippen LogP contribution in [0.25, 0.3) is 0 Å². The van der Waals surface area contributed by atoms with Crippen LogP contribution in [0, 0.1) is 0 Å². The number of nitrogens with one attached hydrogen (secondary N) is 1. The lowest BCUT2D eigenvalue weighted by Gasteiger charge is -2.49. The molecule has 12 nitrogen and oxygen atoms in total. The third kappa shape index (κ3) is 4.88. The van der Waals surface area contributed by atoms with E-state index in [4.69, 9.17) is 15.2 Å². The number of thioether (sulfide) groups is 2. The van der Waals surface area contributed by atoms with Gasteiger partial charge in [-0.1, -0.05) is 5.16 Å². The van der Waals surface area contributed by atoms with Gasteiger partial charge in [-0.15, -0.1) is 34.9 Å². The fraction of sp³-hybridized carbons (Fsp3) is 0.526. The van der Waals surface area contributed by atoms with Crippen molar-refractivity contribution in [1.82, 2.24) is 15.2 Å². The highest BCUT2D eigenvalue weighted by molar-refractivity contribution is 8.06. The van der Waals surface area contributed by atoms with Crippen LogP contribution in [-0.4, -0.2) is 85.1 Å². The SMILES string of the molecule is CC1(C)OCCC(CSC2=C(C(=O)O)N3C(=O)C(NC(=O)/C(=N\O)c4csc(N)n4)[C@@H]3SC2)O1. The first-order valence-electron chi connectivity index (χ1n) is 10.2. The zero-order valence-corrected chi connectivity index (χ0v) is 20.7. The number of anilines is 1. The standard InChI is InChI=1S/C19H23N5O7S3/c1-19(2)30-4-3-8(31-19)5-32-10-7-33-16-12(15(26)24(16)13(10)17(27)28)22-14(25)11(23-29)9-6-34-18(20)21-9/h6,8,12,16,29H,3-5,7H2,1-2H3,(H2,20,21)(H,22,25)(H,27,28)/b23-11-/t8?,12?,16-/m0/s1. The van der Waals surface area contributed by atoms with Crippen molar-refractivity contribution in [2.75, 3.05) is 23.8 Å². The van der Waals surface area contributed by atoms with Gasteiger partial charge in [0.05, 0.1) is 12.7 Å². The van der Waals surface area contributed by atoms with E-state index in [2.05, 4.69) is 15.5 Å². The van der Waals surface area contributed by atoms with E-state index < -0.39 is 35.0 Å². The number of carbonyl (C=O) groups excluding carboxylic acids is 2. The van der Waals surface area contributed by atoms with Crippen LogP contribution in [0.5, 0.6) is 0 Å². The molecule has 3 aliphatic heterocycles. The van der Waals surface area contributed by atoms with Gasteiger partial charge in [0, 0.05) is 21.8 Å². The molecule has 2 unspecified atom stereocenters. The van der Waals surface area contributed by atoms with Crippen molar-refractivity contribution in [1.29, 1.82) is 0 Å². The summed E-state index contributed by atoms with van der Waals surface area (Å²) in [6.07, 6.45) is 0.590. The van der Waals surface area contributed by atoms with Gasteiger partial charge in [-0.05, 0) is 20.3 Å². The fourth-order valence-electron chi connectivity index (χ4n) is 3.76. The molecule has 1 aromatic rings. The summed E-state index contributed by atoms with van der Waals surface area (Å²) >= 11 is 3.77. The first kappa shape index (κ1) is 24.8. The van der Waals surface area contributed by atoms with E-state index in [-0.39, 0.29) is 28.3 Å². The second kappa shape index (κ2) is 9.73. The average molecular weight is 530 g/mol. The zero-order chi connectivity index (χ0) is 24.6. The number of thiazole rings is 1. The molecular formula is C19H23N5O7S3. The maximum atomic E-state index is 12.8. The van der Waals surface area contributed by atoms with Gasteiger partial charge >= 0.3 is 5.97 Å². The minimum atomic E-state index is -1.21. The van der Waals surface area contributed by atoms with E-state index in [1.807, 2.05) is 13.8 Å². The molecule has 184 valence electrons. The number of carbonyl (C=O) groups is 3. The lowest BCUT2D eigenvalue weighted by molar-refractivity contribution is -0.267. The topological polar surface area (TPSA) is 177 Å². The van der Waals surface area contributed by atoms with Crippen LogP contribution < -0.4 is 11.1 Å². The lowest BCUT2D eigenvalue weighted by atomic mass is 10.0. The Morgan fingerprint density at radius 2 is 2.24 bits per heavy atom. The van der Waals surface area contributed by atoms with E-state index in [1.54, 1.807) is 0 Å². The molecule has 0 saturated carbocycles. The summed E-state index contributed by atoms with van der Waals surface area (Å²) in [5, 5.41) is 25.6. The molecule has 0 radical (unpaired) electrons. The van der Waals surface area contributed by atoms with Crippen molar-refractivity contribution in [2.45, 2.75) is 43.6 Å². The summed E-state index contributed by atoms with van der Waals surface area (Å²) in [5.74, 6) is -2.39. The number of carboxylic acids is 1. The Hall–Kier alpha value is -2.33. The summed E-state index contributed by atoms with van der Waals surface area (Å²) < 4.78 is 11.4. The fourth-order valence-corrected chi connectivity index (χ4v) is 6.99. The van der Waals surface area contributed by atoms with Gasteiger partial charge in [-0.25, -0.2) is 9.78 Å². The van der Waals surface area contributed by atoms with E-state index in [0.29, 0.717) is 29.4 Å². The Bertz CT molecular complexity index is 1070. The molecule has 1 aromatic heterocycles. The number of fused-ring (bicyclic) bond motifs is 1. The van der Waals surface area contributed by atoms with Gasteiger partial charge in [0.15, 0.2) is 16.6 Å². The number of nitrogens with zero attached hydrogens (tertiary/aromatic N) is 3. The third-order valence-corrected chi connectivity index (χ3v) is 8.65. The molecule has 0 aromatic carbocycles. The summed E-state index contributed by atoms with van der Waals surface area (Å²) in [6, 6.07) is -0.967. The number of β-lactam (4-membered cyclic amide) rings is 1. The van der Waals surface area contributed by atoms with Crippen LogP contribution in [0.15, 0.2) is 21.1 Å². The number of hydrogen-bond acceptors (Lipinski definition) is 12. The monoisotopic (exact) mass is 529 g/mol. The van der Waals surface area contributed by atoms with Crippen LogP contribution in [0.4, 0.5) is 5.13 Å². The molecule has 15 heteroatoms. The molecule has 2 fully saturated rings. The second-order valence-corrected chi connectivity index (χ2v) is 11.2. The number of nitrogen functional groups attached to an aromatic ring is 1. The predicted octanol–water partition coefficient (Wildman–Crippen LogP) is 0.875. The second-order valence-electron chi connectivity index (χ2n) is 8.05. The van der Waals surface area contributed by atoms with Crippen molar-refractivity contribution >= 4 is 63.5 Å². The van der Waals surface area contributed by atoms with Gasteiger partial charge in [0.25, 0.3) is 11.8 Å². The Morgan fingerprint density at radius 3 is 2.85 bits per heavy atom. The molecule has 0 bridgehead atoms. The summed E-state index contributed by atoms with van der Waals surface area (Å²) in [6.45, 7) is 4.21. The number of rotatable bonds is 7. The van der Waals surface area contributed by atoms with Crippen LogP contribution in [0.3, 0.4) is 0 Å².